The number of rotatable bonds is 5. The highest BCUT2D eigenvalue weighted by molar-refractivity contribution is 6.03. The summed E-state index contributed by atoms with van der Waals surface area (Å²) in [7, 11) is 0. The van der Waals surface area contributed by atoms with Crippen molar-refractivity contribution in [1.82, 2.24) is 0 Å². The maximum absolute atomic E-state index is 12.8. The summed E-state index contributed by atoms with van der Waals surface area (Å²) in [6, 6.07) is 13.6. The predicted molar refractivity (Wildman–Crippen MR) is 107 cm³/mol. The summed E-state index contributed by atoms with van der Waals surface area (Å²) >= 11 is 0. The summed E-state index contributed by atoms with van der Waals surface area (Å²) in [6.07, 6.45) is 1.17. The highest BCUT2D eigenvalue weighted by Crippen LogP contribution is 2.38. The van der Waals surface area contributed by atoms with E-state index in [1.807, 2.05) is 49.4 Å². The minimum Gasteiger partial charge on any atom is -0.476 e. The fraction of sp³-hybridized carbons (Fsp3) is 0.364. The van der Waals surface area contributed by atoms with E-state index in [2.05, 4.69) is 12.2 Å². The third-order valence-corrected chi connectivity index (χ3v) is 4.74. The van der Waals surface area contributed by atoms with E-state index in [-0.39, 0.29) is 18.2 Å². The maximum Gasteiger partial charge on any atom is 0.270 e. The number of carbonyl (C=O) groups is 2. The monoisotopic (exact) mass is 366 g/mol. The summed E-state index contributed by atoms with van der Waals surface area (Å²) < 4.78 is 5.85. The smallest absolute Gasteiger partial charge is 0.270 e. The van der Waals surface area contributed by atoms with Crippen LogP contribution in [0.4, 0.5) is 11.4 Å². The lowest BCUT2D eigenvalue weighted by molar-refractivity contribution is -0.132. The number of ether oxygens (including phenoxy) is 1. The summed E-state index contributed by atoms with van der Waals surface area (Å²) in [5.41, 5.74) is 2.80. The van der Waals surface area contributed by atoms with Crippen molar-refractivity contribution in [3.8, 4) is 5.75 Å². The van der Waals surface area contributed by atoms with Crippen LogP contribution in [0.5, 0.6) is 5.75 Å². The van der Waals surface area contributed by atoms with Crippen molar-refractivity contribution in [2.24, 2.45) is 0 Å². The SMILES string of the molecule is CCc1ccc(NC(=O)CCN2C(=O)C(C)(C)Oc3ccc(C)cc32)cc1. The van der Waals surface area contributed by atoms with Gasteiger partial charge >= 0.3 is 0 Å². The molecule has 2 aromatic carbocycles. The van der Waals surface area contributed by atoms with Gasteiger partial charge in [-0.3, -0.25) is 9.59 Å². The van der Waals surface area contributed by atoms with E-state index in [9.17, 15) is 9.59 Å². The molecular formula is C22H26N2O3. The number of hydrogen-bond acceptors (Lipinski definition) is 3. The van der Waals surface area contributed by atoms with Crippen LogP contribution in [0.2, 0.25) is 0 Å². The Kier molecular flexibility index (Phi) is 5.22. The second-order valence-electron chi connectivity index (χ2n) is 7.39. The molecule has 1 heterocycles. The van der Waals surface area contributed by atoms with Crippen LogP contribution in [0.1, 0.15) is 38.3 Å². The van der Waals surface area contributed by atoms with Gasteiger partial charge in [-0.05, 0) is 62.6 Å². The van der Waals surface area contributed by atoms with E-state index in [0.29, 0.717) is 12.3 Å². The minimum absolute atomic E-state index is 0.120. The Hall–Kier alpha value is -2.82. The number of fused-ring (bicyclic) bond motifs is 1. The molecule has 0 atom stereocenters. The van der Waals surface area contributed by atoms with Crippen molar-refractivity contribution in [2.75, 3.05) is 16.8 Å². The van der Waals surface area contributed by atoms with Crippen molar-refractivity contribution in [2.45, 2.75) is 46.1 Å². The molecule has 1 aliphatic rings. The topological polar surface area (TPSA) is 58.6 Å². The van der Waals surface area contributed by atoms with Crippen LogP contribution in [-0.4, -0.2) is 24.0 Å². The molecule has 1 aliphatic heterocycles. The van der Waals surface area contributed by atoms with Gasteiger partial charge in [0.2, 0.25) is 5.91 Å². The fourth-order valence-electron chi connectivity index (χ4n) is 3.16. The van der Waals surface area contributed by atoms with Crippen LogP contribution in [0.25, 0.3) is 0 Å². The van der Waals surface area contributed by atoms with Crippen LogP contribution < -0.4 is 15.0 Å². The molecule has 2 aromatic rings. The van der Waals surface area contributed by atoms with Crippen molar-refractivity contribution >= 4 is 23.2 Å². The lowest BCUT2D eigenvalue weighted by atomic mass is 10.0. The maximum atomic E-state index is 12.8. The molecule has 5 heteroatoms. The van der Waals surface area contributed by atoms with Gasteiger partial charge in [0.1, 0.15) is 5.75 Å². The quantitative estimate of drug-likeness (QED) is 0.867. The van der Waals surface area contributed by atoms with Crippen LogP contribution in [0, 0.1) is 6.92 Å². The standard InChI is InChI=1S/C22H26N2O3/c1-5-16-7-9-17(10-8-16)23-20(25)12-13-24-18-14-15(2)6-11-19(18)27-22(3,4)21(24)26/h6-11,14H,5,12-13H2,1-4H3,(H,23,25). The highest BCUT2D eigenvalue weighted by Gasteiger charge is 2.40. The van der Waals surface area contributed by atoms with Gasteiger partial charge in [-0.2, -0.15) is 0 Å². The number of nitrogens with zero attached hydrogens (tertiary/aromatic N) is 1. The second kappa shape index (κ2) is 7.43. The molecule has 0 aromatic heterocycles. The van der Waals surface area contributed by atoms with Gasteiger partial charge in [0.15, 0.2) is 5.60 Å². The molecule has 0 radical (unpaired) electrons. The van der Waals surface area contributed by atoms with Gasteiger partial charge in [0.25, 0.3) is 5.91 Å². The average Bonchev–Trinajstić information content (AvgIpc) is 2.63. The number of benzene rings is 2. The summed E-state index contributed by atoms with van der Waals surface area (Å²) in [6.45, 7) is 7.87. The number of nitrogens with one attached hydrogen (secondary N) is 1. The van der Waals surface area contributed by atoms with Crippen LogP contribution in [-0.2, 0) is 16.0 Å². The van der Waals surface area contributed by atoms with Gasteiger partial charge in [-0.1, -0.05) is 25.1 Å². The third-order valence-electron chi connectivity index (χ3n) is 4.74. The zero-order valence-electron chi connectivity index (χ0n) is 16.3. The predicted octanol–water partition coefficient (Wildman–Crippen LogP) is 4.09. The molecule has 0 bridgehead atoms. The van der Waals surface area contributed by atoms with Gasteiger partial charge in [-0.25, -0.2) is 0 Å². The molecule has 3 rings (SSSR count). The van der Waals surface area contributed by atoms with E-state index < -0.39 is 5.60 Å². The van der Waals surface area contributed by atoms with E-state index in [1.165, 1.54) is 5.56 Å². The molecule has 0 saturated carbocycles. The normalized spacial score (nSPS) is 15.1. The molecule has 27 heavy (non-hydrogen) atoms. The molecule has 0 spiro atoms. The van der Waals surface area contributed by atoms with Crippen molar-refractivity contribution < 1.29 is 14.3 Å². The average molecular weight is 366 g/mol. The van der Waals surface area contributed by atoms with Gasteiger partial charge in [-0.15, -0.1) is 0 Å². The number of amides is 2. The first-order valence-electron chi connectivity index (χ1n) is 9.30. The molecule has 5 nitrogen and oxygen atoms in total. The second-order valence-corrected chi connectivity index (χ2v) is 7.39. The lowest BCUT2D eigenvalue weighted by Crippen LogP contribution is -2.53. The summed E-state index contributed by atoms with van der Waals surface area (Å²) in [5.74, 6) is 0.409. The van der Waals surface area contributed by atoms with Gasteiger partial charge < -0.3 is 15.0 Å². The van der Waals surface area contributed by atoms with Gasteiger partial charge in [0.05, 0.1) is 5.69 Å². The first-order valence-corrected chi connectivity index (χ1v) is 9.30. The van der Waals surface area contributed by atoms with Crippen molar-refractivity contribution in [3.05, 3.63) is 53.6 Å². The minimum atomic E-state index is -0.950. The van der Waals surface area contributed by atoms with Crippen LogP contribution >= 0.6 is 0 Å². The Morgan fingerprint density at radius 2 is 1.85 bits per heavy atom. The molecule has 0 fully saturated rings. The molecule has 2 amide bonds. The molecule has 0 aliphatic carbocycles. The molecule has 0 unspecified atom stereocenters. The van der Waals surface area contributed by atoms with E-state index in [0.717, 1.165) is 23.4 Å². The number of carbonyl (C=O) groups excluding carboxylic acids is 2. The zero-order valence-corrected chi connectivity index (χ0v) is 16.3. The van der Waals surface area contributed by atoms with Crippen molar-refractivity contribution in [1.29, 1.82) is 0 Å². The third kappa shape index (κ3) is 4.13. The Morgan fingerprint density at radius 3 is 2.52 bits per heavy atom. The number of anilines is 2. The first kappa shape index (κ1) is 19.0. The van der Waals surface area contributed by atoms with Crippen LogP contribution in [0.15, 0.2) is 42.5 Å². The Bertz CT molecular complexity index is 856. The Morgan fingerprint density at radius 1 is 1.15 bits per heavy atom. The Labute approximate surface area is 160 Å². The molecule has 142 valence electrons. The highest BCUT2D eigenvalue weighted by atomic mass is 16.5. The van der Waals surface area contributed by atoms with Crippen molar-refractivity contribution in [3.63, 3.8) is 0 Å². The summed E-state index contributed by atoms with van der Waals surface area (Å²) in [5, 5.41) is 2.90. The lowest BCUT2D eigenvalue weighted by Gasteiger charge is -2.38. The fourth-order valence-corrected chi connectivity index (χ4v) is 3.16. The summed E-state index contributed by atoms with van der Waals surface area (Å²) in [4.78, 5) is 26.9. The number of aryl methyl sites for hydroxylation is 2. The first-order chi connectivity index (χ1) is 12.8. The number of hydrogen-bond donors (Lipinski definition) is 1. The van der Waals surface area contributed by atoms with E-state index in [4.69, 9.17) is 4.74 Å². The Balaban J connectivity index is 1.71. The molecule has 0 saturated heterocycles. The largest absolute Gasteiger partial charge is 0.476 e. The van der Waals surface area contributed by atoms with E-state index >= 15 is 0 Å². The van der Waals surface area contributed by atoms with Gasteiger partial charge in [0, 0.05) is 18.7 Å². The van der Waals surface area contributed by atoms with Crippen LogP contribution in [0.3, 0.4) is 0 Å². The van der Waals surface area contributed by atoms with E-state index in [1.54, 1.807) is 18.7 Å². The molecular weight excluding hydrogens is 340 g/mol. The molecule has 1 N–H and O–H groups in total. The zero-order chi connectivity index (χ0) is 19.6.